The van der Waals surface area contributed by atoms with Crippen molar-refractivity contribution in [1.82, 2.24) is 15.5 Å². The van der Waals surface area contributed by atoms with Crippen LogP contribution in [0.15, 0.2) is 29.3 Å². The number of morpholine rings is 1. The van der Waals surface area contributed by atoms with Gasteiger partial charge in [-0.25, -0.2) is 0 Å². The molecule has 1 fully saturated rings. The molecule has 0 spiro atoms. The fourth-order valence-electron chi connectivity index (χ4n) is 3.22. The average Bonchev–Trinajstić information content (AvgIpc) is 2.68. The van der Waals surface area contributed by atoms with Crippen molar-refractivity contribution in [2.75, 3.05) is 53.0 Å². The molecule has 1 aliphatic heterocycles. The molecule has 0 unspecified atom stereocenters. The van der Waals surface area contributed by atoms with Gasteiger partial charge in [0.25, 0.3) is 0 Å². The van der Waals surface area contributed by atoms with Gasteiger partial charge < -0.3 is 20.1 Å². The van der Waals surface area contributed by atoms with E-state index in [0.29, 0.717) is 19.1 Å². The highest BCUT2D eigenvalue weighted by atomic mass is 16.5. The van der Waals surface area contributed by atoms with Crippen LogP contribution in [0.1, 0.15) is 39.2 Å². The van der Waals surface area contributed by atoms with Crippen LogP contribution in [-0.4, -0.2) is 69.4 Å². The molecular formula is C21H36N4O2. The van der Waals surface area contributed by atoms with Gasteiger partial charge in [-0.2, -0.15) is 0 Å². The number of aliphatic imine (C=N–C) groups is 1. The van der Waals surface area contributed by atoms with E-state index >= 15 is 0 Å². The second kappa shape index (κ2) is 10.5. The van der Waals surface area contributed by atoms with E-state index in [1.165, 1.54) is 5.56 Å². The van der Waals surface area contributed by atoms with Crippen molar-refractivity contribution in [2.24, 2.45) is 4.99 Å². The first kappa shape index (κ1) is 21.5. The van der Waals surface area contributed by atoms with Gasteiger partial charge in [-0.15, -0.1) is 0 Å². The van der Waals surface area contributed by atoms with E-state index in [4.69, 9.17) is 9.47 Å². The largest absolute Gasteiger partial charge is 0.491 e. The molecule has 152 valence electrons. The number of ether oxygens (including phenoxy) is 2. The summed E-state index contributed by atoms with van der Waals surface area (Å²) in [4.78, 5) is 6.78. The number of nitrogens with zero attached hydrogens (tertiary/aromatic N) is 2. The molecule has 2 rings (SSSR count). The first-order chi connectivity index (χ1) is 12.9. The summed E-state index contributed by atoms with van der Waals surface area (Å²) < 4.78 is 11.4. The molecule has 2 N–H and O–H groups in total. The van der Waals surface area contributed by atoms with Crippen LogP contribution in [0.4, 0.5) is 0 Å². The maximum absolute atomic E-state index is 5.97. The van der Waals surface area contributed by atoms with Crippen LogP contribution in [0.25, 0.3) is 0 Å². The number of hydrogen-bond donors (Lipinski definition) is 2. The van der Waals surface area contributed by atoms with E-state index in [1.807, 2.05) is 12.1 Å². The third-order valence-electron chi connectivity index (χ3n) is 4.97. The van der Waals surface area contributed by atoms with Crippen LogP contribution < -0.4 is 15.4 Å². The Hall–Kier alpha value is -1.79. The molecule has 0 bridgehead atoms. The Morgan fingerprint density at radius 1 is 1.22 bits per heavy atom. The highest BCUT2D eigenvalue weighted by Gasteiger charge is 2.28. The molecule has 6 heteroatoms. The van der Waals surface area contributed by atoms with Crippen molar-refractivity contribution in [3.63, 3.8) is 0 Å². The third-order valence-corrected chi connectivity index (χ3v) is 4.97. The van der Waals surface area contributed by atoms with Crippen LogP contribution in [0, 0.1) is 0 Å². The smallest absolute Gasteiger partial charge is 0.191 e. The van der Waals surface area contributed by atoms with Crippen LogP contribution >= 0.6 is 0 Å². The monoisotopic (exact) mass is 376 g/mol. The molecule has 6 nitrogen and oxygen atoms in total. The second-order valence-corrected chi connectivity index (χ2v) is 7.81. The molecule has 27 heavy (non-hydrogen) atoms. The Labute approximate surface area is 164 Å². The molecule has 0 aliphatic carbocycles. The number of hydrogen-bond acceptors (Lipinski definition) is 4. The molecule has 0 amide bonds. The summed E-state index contributed by atoms with van der Waals surface area (Å²) in [6, 6.07) is 8.24. The van der Waals surface area contributed by atoms with E-state index in [0.717, 1.165) is 44.6 Å². The number of guanidine groups is 1. The molecular weight excluding hydrogens is 340 g/mol. The lowest BCUT2D eigenvalue weighted by Crippen LogP contribution is -2.56. The zero-order valence-corrected chi connectivity index (χ0v) is 17.5. The highest BCUT2D eigenvalue weighted by molar-refractivity contribution is 5.79. The van der Waals surface area contributed by atoms with E-state index in [1.54, 1.807) is 7.05 Å². The summed E-state index contributed by atoms with van der Waals surface area (Å²) >= 11 is 0. The average molecular weight is 377 g/mol. The third kappa shape index (κ3) is 6.70. The second-order valence-electron chi connectivity index (χ2n) is 7.81. The van der Waals surface area contributed by atoms with Crippen molar-refractivity contribution >= 4 is 5.96 Å². The number of para-hydroxylation sites is 1. The van der Waals surface area contributed by atoms with Crippen LogP contribution in [-0.2, 0) is 4.74 Å². The number of benzene rings is 1. The molecule has 0 aromatic heterocycles. The molecule has 1 aromatic rings. The van der Waals surface area contributed by atoms with Crippen LogP contribution in [0.5, 0.6) is 5.75 Å². The summed E-state index contributed by atoms with van der Waals surface area (Å²) in [6.07, 6.45) is 0. The lowest BCUT2D eigenvalue weighted by molar-refractivity contribution is -0.00834. The molecule has 0 saturated carbocycles. The maximum Gasteiger partial charge on any atom is 0.191 e. The summed E-state index contributed by atoms with van der Waals surface area (Å²) in [5, 5.41) is 6.77. The van der Waals surface area contributed by atoms with E-state index in [9.17, 15) is 0 Å². The Kier molecular flexibility index (Phi) is 8.38. The molecule has 1 aliphatic rings. The standard InChI is InChI=1S/C21H36N4O2/c1-17(2)18-8-6-7-9-19(18)27-13-10-23-20(22-5)24-16-21(3,4)25-11-14-26-15-12-25/h6-9,17H,10-16H2,1-5H3,(H2,22,23,24). The lowest BCUT2D eigenvalue weighted by Gasteiger charge is -2.41. The lowest BCUT2D eigenvalue weighted by atomic mass is 10.0. The van der Waals surface area contributed by atoms with Crippen LogP contribution in [0.2, 0.25) is 0 Å². The normalized spacial score (nSPS) is 16.4. The minimum Gasteiger partial charge on any atom is -0.491 e. The predicted molar refractivity (Wildman–Crippen MR) is 112 cm³/mol. The molecule has 0 atom stereocenters. The van der Waals surface area contributed by atoms with Gasteiger partial charge in [0.15, 0.2) is 5.96 Å². The number of nitrogens with one attached hydrogen (secondary N) is 2. The van der Waals surface area contributed by atoms with Gasteiger partial charge in [0.05, 0.1) is 19.8 Å². The van der Waals surface area contributed by atoms with E-state index in [-0.39, 0.29) is 5.54 Å². The SMILES string of the molecule is CN=C(NCCOc1ccccc1C(C)C)NCC(C)(C)N1CCOCC1. The Morgan fingerprint density at radius 3 is 2.59 bits per heavy atom. The van der Waals surface area contributed by atoms with Crippen molar-refractivity contribution in [3.05, 3.63) is 29.8 Å². The van der Waals surface area contributed by atoms with Gasteiger partial charge in [0.2, 0.25) is 0 Å². The highest BCUT2D eigenvalue weighted by Crippen LogP contribution is 2.25. The number of rotatable bonds is 8. The van der Waals surface area contributed by atoms with Gasteiger partial charge in [0, 0.05) is 32.2 Å². The summed E-state index contributed by atoms with van der Waals surface area (Å²) in [5.74, 6) is 2.22. The van der Waals surface area contributed by atoms with Crippen molar-refractivity contribution < 1.29 is 9.47 Å². The van der Waals surface area contributed by atoms with Gasteiger partial charge in [-0.1, -0.05) is 32.0 Å². The summed E-state index contributed by atoms with van der Waals surface area (Å²) in [7, 11) is 1.80. The molecule has 1 heterocycles. The maximum atomic E-state index is 5.97. The predicted octanol–water partition coefficient (Wildman–Crippen LogP) is 2.46. The minimum atomic E-state index is 0.0497. The molecule has 1 aromatic carbocycles. The summed E-state index contributed by atoms with van der Waals surface area (Å²) in [6.45, 7) is 14.6. The van der Waals surface area contributed by atoms with Crippen molar-refractivity contribution in [2.45, 2.75) is 39.2 Å². The molecule has 1 saturated heterocycles. The topological polar surface area (TPSA) is 58.1 Å². The summed E-state index contributed by atoms with van der Waals surface area (Å²) in [5.41, 5.74) is 1.29. The quantitative estimate of drug-likeness (QED) is 0.415. The minimum absolute atomic E-state index is 0.0497. The van der Waals surface area contributed by atoms with Crippen molar-refractivity contribution in [1.29, 1.82) is 0 Å². The Morgan fingerprint density at radius 2 is 1.93 bits per heavy atom. The van der Waals surface area contributed by atoms with E-state index < -0.39 is 0 Å². The van der Waals surface area contributed by atoms with Gasteiger partial charge in [-0.05, 0) is 31.4 Å². The Balaban J connectivity index is 1.74. The van der Waals surface area contributed by atoms with Gasteiger partial charge >= 0.3 is 0 Å². The van der Waals surface area contributed by atoms with E-state index in [2.05, 4.69) is 60.4 Å². The zero-order valence-electron chi connectivity index (χ0n) is 17.5. The Bertz CT molecular complexity index is 596. The first-order valence-electron chi connectivity index (χ1n) is 9.93. The van der Waals surface area contributed by atoms with Gasteiger partial charge in [0.1, 0.15) is 12.4 Å². The fraction of sp³-hybridized carbons (Fsp3) is 0.667. The van der Waals surface area contributed by atoms with Gasteiger partial charge in [-0.3, -0.25) is 9.89 Å². The molecule has 0 radical (unpaired) electrons. The fourth-order valence-corrected chi connectivity index (χ4v) is 3.22. The van der Waals surface area contributed by atoms with Crippen molar-refractivity contribution in [3.8, 4) is 5.75 Å². The van der Waals surface area contributed by atoms with Crippen LogP contribution in [0.3, 0.4) is 0 Å². The first-order valence-corrected chi connectivity index (χ1v) is 9.93. The zero-order chi connectivity index (χ0) is 19.7.